The molecule has 5 heterocycles. The number of nitrogens with one attached hydrogen (secondary N) is 1. The number of hydrogen-bond acceptors (Lipinski definition) is 5. The van der Waals surface area contributed by atoms with E-state index in [0.29, 0.717) is 17.1 Å². The molecule has 3 N–H and O–H groups in total. The van der Waals surface area contributed by atoms with Crippen molar-refractivity contribution in [3.05, 3.63) is 182 Å². The number of pyridine rings is 2. The molecule has 0 saturated carbocycles. The van der Waals surface area contributed by atoms with E-state index in [-0.39, 0.29) is 0 Å². The van der Waals surface area contributed by atoms with Crippen LogP contribution in [0.4, 0.5) is 0 Å². The topological polar surface area (TPSA) is 98.7 Å². The Labute approximate surface area is 320 Å². The summed E-state index contributed by atoms with van der Waals surface area (Å²) in [5.41, 5.74) is 19.4. The van der Waals surface area contributed by atoms with Crippen molar-refractivity contribution in [1.29, 1.82) is 5.41 Å². The van der Waals surface area contributed by atoms with Crippen LogP contribution in [0.25, 0.3) is 99.6 Å². The minimum Gasteiger partial charge on any atom is -0.453 e. The van der Waals surface area contributed by atoms with Gasteiger partial charge in [-0.25, -0.2) is 4.98 Å². The van der Waals surface area contributed by atoms with Gasteiger partial charge in [0.15, 0.2) is 11.2 Å². The zero-order chi connectivity index (χ0) is 37.3. The molecule has 0 unspecified atom stereocenters. The van der Waals surface area contributed by atoms with Crippen LogP contribution in [0, 0.1) is 5.41 Å². The van der Waals surface area contributed by atoms with Crippen molar-refractivity contribution >= 4 is 77.3 Å². The summed E-state index contributed by atoms with van der Waals surface area (Å²) in [4.78, 5) is 9.66. The Hall–Kier alpha value is -7.77. The molecule has 0 aliphatic rings. The van der Waals surface area contributed by atoms with E-state index in [4.69, 9.17) is 15.1 Å². The first kappa shape index (κ1) is 31.7. The number of allylic oxidation sites excluding steroid dienone is 1. The molecule has 0 atom stereocenters. The molecule has 7 nitrogen and oxygen atoms in total. The maximum atomic E-state index is 9.25. The normalized spacial score (nSPS) is 12.2. The monoisotopic (exact) mass is 720 g/mol. The molecule has 5 aromatic heterocycles. The summed E-state index contributed by atoms with van der Waals surface area (Å²) in [6, 6.07) is 56.2. The van der Waals surface area contributed by atoms with Crippen molar-refractivity contribution in [2.45, 2.75) is 0 Å². The lowest BCUT2D eigenvalue weighted by Gasteiger charge is -2.10. The van der Waals surface area contributed by atoms with Gasteiger partial charge < -0.3 is 10.2 Å². The molecule has 11 aromatic rings. The molecule has 11 rings (SSSR count). The number of rotatable bonds is 5. The van der Waals surface area contributed by atoms with Crippen molar-refractivity contribution in [2.24, 2.45) is 5.73 Å². The Balaban J connectivity index is 1.01. The Morgan fingerprint density at radius 1 is 0.536 bits per heavy atom. The van der Waals surface area contributed by atoms with Crippen LogP contribution in [0.1, 0.15) is 5.56 Å². The van der Waals surface area contributed by atoms with E-state index < -0.39 is 0 Å². The molecule has 0 amide bonds. The Morgan fingerprint density at radius 2 is 1.20 bits per heavy atom. The van der Waals surface area contributed by atoms with Gasteiger partial charge in [-0.3, -0.25) is 19.5 Å². The zero-order valence-electron chi connectivity index (χ0n) is 30.0. The number of nitrogens with two attached hydrogens (primary N) is 1. The largest absolute Gasteiger partial charge is 0.453 e. The van der Waals surface area contributed by atoms with Gasteiger partial charge in [0, 0.05) is 39.5 Å². The third kappa shape index (κ3) is 4.95. The lowest BCUT2D eigenvalue weighted by atomic mass is 9.97. The molecule has 264 valence electrons. The van der Waals surface area contributed by atoms with Gasteiger partial charge in [0.1, 0.15) is 22.7 Å². The highest BCUT2D eigenvalue weighted by atomic mass is 16.3. The van der Waals surface area contributed by atoms with Crippen molar-refractivity contribution in [1.82, 2.24) is 19.1 Å². The van der Waals surface area contributed by atoms with E-state index in [9.17, 15) is 5.41 Å². The Bertz CT molecular complexity index is 3400. The highest BCUT2D eigenvalue weighted by Gasteiger charge is 2.18. The average molecular weight is 721 g/mol. The number of benzene rings is 6. The first-order chi connectivity index (χ1) is 27.6. The summed E-state index contributed by atoms with van der Waals surface area (Å²) in [6.45, 7) is 0. The number of para-hydroxylation sites is 2. The van der Waals surface area contributed by atoms with E-state index in [1.165, 1.54) is 0 Å². The molecule has 6 aromatic carbocycles. The van der Waals surface area contributed by atoms with Crippen LogP contribution in [0.5, 0.6) is 0 Å². The molecule has 0 spiro atoms. The van der Waals surface area contributed by atoms with Crippen LogP contribution in [-0.4, -0.2) is 24.9 Å². The molecule has 0 aliphatic carbocycles. The fourth-order valence-electron chi connectivity index (χ4n) is 8.19. The van der Waals surface area contributed by atoms with E-state index in [1.807, 2.05) is 71.3 Å². The number of aromatic nitrogens is 4. The van der Waals surface area contributed by atoms with Gasteiger partial charge in [0.25, 0.3) is 0 Å². The lowest BCUT2D eigenvalue weighted by Crippen LogP contribution is -2.10. The summed E-state index contributed by atoms with van der Waals surface area (Å²) in [5, 5.41) is 13.7. The standard InChI is InChI=1S/C49H32N6O/c50-39(30-10-2-1-3-11-30)29-46(51)54-40-16-6-4-14-35(40)37-21-19-34(28-43(37)54)32-13-8-12-31(26-32)33-20-22-42-38(27-33)36-15-5-7-17-41(36)55(42)47-24-23-45-49(53-47)48-44(56-45)18-9-25-52-48/h1-29,51H,50H2/b39-29-,51-46?. The predicted octanol–water partition coefficient (Wildman–Crippen LogP) is 11.7. The predicted molar refractivity (Wildman–Crippen MR) is 229 cm³/mol. The Kier molecular flexibility index (Phi) is 7.02. The smallest absolute Gasteiger partial charge is 0.155 e. The van der Waals surface area contributed by atoms with Gasteiger partial charge in [-0.2, -0.15) is 0 Å². The summed E-state index contributed by atoms with van der Waals surface area (Å²) in [6.07, 6.45) is 3.52. The van der Waals surface area contributed by atoms with Crippen LogP contribution < -0.4 is 5.73 Å². The second kappa shape index (κ2) is 12.4. The van der Waals surface area contributed by atoms with E-state index in [2.05, 4.69) is 107 Å². The third-order valence-corrected chi connectivity index (χ3v) is 10.8. The van der Waals surface area contributed by atoms with E-state index >= 15 is 0 Å². The molecule has 0 radical (unpaired) electrons. The first-order valence-electron chi connectivity index (χ1n) is 18.5. The maximum absolute atomic E-state index is 9.25. The van der Waals surface area contributed by atoms with Gasteiger partial charge >= 0.3 is 0 Å². The summed E-state index contributed by atoms with van der Waals surface area (Å²) in [7, 11) is 0. The van der Waals surface area contributed by atoms with Crippen LogP contribution in [-0.2, 0) is 0 Å². The first-order valence-corrected chi connectivity index (χ1v) is 18.5. The van der Waals surface area contributed by atoms with Crippen LogP contribution >= 0.6 is 0 Å². The zero-order valence-corrected chi connectivity index (χ0v) is 30.0. The number of furan rings is 1. The second-order valence-corrected chi connectivity index (χ2v) is 14.1. The lowest BCUT2D eigenvalue weighted by molar-refractivity contribution is 0.667. The van der Waals surface area contributed by atoms with Crippen LogP contribution in [0.3, 0.4) is 0 Å². The van der Waals surface area contributed by atoms with Crippen molar-refractivity contribution in [2.75, 3.05) is 0 Å². The van der Waals surface area contributed by atoms with Crippen molar-refractivity contribution in [3.8, 4) is 28.1 Å². The fraction of sp³-hybridized carbons (Fsp3) is 0. The number of fused-ring (bicyclic) bond motifs is 9. The van der Waals surface area contributed by atoms with Gasteiger partial charge in [-0.05, 0) is 88.5 Å². The molecular weight excluding hydrogens is 689 g/mol. The Morgan fingerprint density at radius 3 is 2.04 bits per heavy atom. The van der Waals surface area contributed by atoms with E-state index in [0.717, 1.165) is 93.9 Å². The van der Waals surface area contributed by atoms with Crippen LogP contribution in [0.2, 0.25) is 0 Å². The quantitative estimate of drug-likeness (QED) is 0.137. The molecule has 56 heavy (non-hydrogen) atoms. The van der Waals surface area contributed by atoms with E-state index in [1.54, 1.807) is 12.3 Å². The molecule has 7 heteroatoms. The minimum atomic E-state index is 0.306. The van der Waals surface area contributed by atoms with Gasteiger partial charge in [0.05, 0.1) is 22.1 Å². The molecule has 0 fully saturated rings. The SMILES string of the molecule is N=C(/C=C(\N)c1ccccc1)n1c2ccccc2c2ccc(-c3cccc(-c4ccc5c(c4)c4ccccc4n5-c4ccc5oc6cccnc6c5n4)c3)cc21. The third-order valence-electron chi connectivity index (χ3n) is 10.8. The second-order valence-electron chi connectivity index (χ2n) is 14.1. The summed E-state index contributed by atoms with van der Waals surface area (Å²) in [5.74, 6) is 1.12. The highest BCUT2D eigenvalue weighted by Crippen LogP contribution is 2.38. The van der Waals surface area contributed by atoms with Crippen molar-refractivity contribution < 1.29 is 4.42 Å². The van der Waals surface area contributed by atoms with Crippen molar-refractivity contribution in [3.63, 3.8) is 0 Å². The number of nitrogens with zero attached hydrogens (tertiary/aromatic N) is 4. The molecule has 0 saturated heterocycles. The summed E-state index contributed by atoms with van der Waals surface area (Å²) < 4.78 is 10.3. The molecular formula is C49H32N6O. The minimum absolute atomic E-state index is 0.306. The van der Waals surface area contributed by atoms with Crippen LogP contribution in [0.15, 0.2) is 180 Å². The fourth-order valence-corrected chi connectivity index (χ4v) is 8.19. The van der Waals surface area contributed by atoms with Gasteiger partial charge in [-0.15, -0.1) is 0 Å². The molecule has 0 bridgehead atoms. The maximum Gasteiger partial charge on any atom is 0.155 e. The van der Waals surface area contributed by atoms with Gasteiger partial charge in [-0.1, -0.05) is 103 Å². The number of hydrogen-bond donors (Lipinski definition) is 2. The molecule has 0 aliphatic heterocycles. The van der Waals surface area contributed by atoms with Gasteiger partial charge in [0.2, 0.25) is 0 Å². The average Bonchev–Trinajstić information content (AvgIpc) is 3.91. The highest BCUT2D eigenvalue weighted by molar-refractivity contribution is 6.17. The summed E-state index contributed by atoms with van der Waals surface area (Å²) >= 11 is 0.